The van der Waals surface area contributed by atoms with Crippen LogP contribution in [0.2, 0.25) is 0 Å². The molecule has 1 rings (SSSR count). The summed E-state index contributed by atoms with van der Waals surface area (Å²) in [5.41, 5.74) is -0.568. The Kier molecular flexibility index (Phi) is 3.13. The molecule has 1 aliphatic heterocycles. The number of rotatable bonds is 3. The SMILES string of the molecule is COC(=O)C(C)(C)CC1CCNC1=O. The molecule has 1 amide bonds. The summed E-state index contributed by atoms with van der Waals surface area (Å²) >= 11 is 0. The van der Waals surface area contributed by atoms with Crippen LogP contribution in [0.5, 0.6) is 0 Å². The lowest BCUT2D eigenvalue weighted by Gasteiger charge is -2.23. The molecule has 1 saturated heterocycles. The number of nitrogens with one attached hydrogen (secondary N) is 1. The Balaban J connectivity index is 2.58. The number of hydrogen-bond donors (Lipinski definition) is 1. The molecular weight excluding hydrogens is 182 g/mol. The molecule has 1 unspecified atom stereocenters. The van der Waals surface area contributed by atoms with Crippen molar-refractivity contribution in [2.24, 2.45) is 11.3 Å². The Morgan fingerprint density at radius 2 is 2.29 bits per heavy atom. The molecule has 4 nitrogen and oxygen atoms in total. The van der Waals surface area contributed by atoms with E-state index in [2.05, 4.69) is 10.1 Å². The highest BCUT2D eigenvalue weighted by molar-refractivity contribution is 5.82. The highest BCUT2D eigenvalue weighted by atomic mass is 16.5. The van der Waals surface area contributed by atoms with E-state index in [1.807, 2.05) is 13.8 Å². The molecule has 0 saturated carbocycles. The van der Waals surface area contributed by atoms with Crippen molar-refractivity contribution in [3.63, 3.8) is 0 Å². The molecule has 0 bridgehead atoms. The largest absolute Gasteiger partial charge is 0.469 e. The minimum atomic E-state index is -0.568. The van der Waals surface area contributed by atoms with Crippen LogP contribution >= 0.6 is 0 Å². The predicted octanol–water partition coefficient (Wildman–Crippen LogP) is 0.712. The number of methoxy groups -OCH3 is 1. The van der Waals surface area contributed by atoms with E-state index in [-0.39, 0.29) is 17.8 Å². The van der Waals surface area contributed by atoms with E-state index < -0.39 is 5.41 Å². The molecule has 1 fully saturated rings. The van der Waals surface area contributed by atoms with Crippen molar-refractivity contribution in [3.8, 4) is 0 Å². The second-order valence-corrected chi connectivity index (χ2v) is 4.36. The van der Waals surface area contributed by atoms with E-state index >= 15 is 0 Å². The highest BCUT2D eigenvalue weighted by Gasteiger charge is 2.36. The fraction of sp³-hybridized carbons (Fsp3) is 0.800. The zero-order valence-corrected chi connectivity index (χ0v) is 8.92. The van der Waals surface area contributed by atoms with E-state index in [1.54, 1.807) is 0 Å². The van der Waals surface area contributed by atoms with Gasteiger partial charge in [0.15, 0.2) is 0 Å². The standard InChI is InChI=1S/C10H17NO3/c1-10(2,9(13)14-3)6-7-4-5-11-8(7)12/h7H,4-6H2,1-3H3,(H,11,12). The molecule has 0 aromatic carbocycles. The lowest BCUT2D eigenvalue weighted by molar-refractivity contribution is -0.152. The van der Waals surface area contributed by atoms with E-state index in [9.17, 15) is 9.59 Å². The zero-order chi connectivity index (χ0) is 10.8. The third-order valence-electron chi connectivity index (χ3n) is 2.66. The van der Waals surface area contributed by atoms with Crippen molar-refractivity contribution in [2.75, 3.05) is 13.7 Å². The fourth-order valence-electron chi connectivity index (χ4n) is 1.82. The van der Waals surface area contributed by atoms with Gasteiger partial charge in [-0.25, -0.2) is 0 Å². The van der Waals surface area contributed by atoms with Gasteiger partial charge in [0.05, 0.1) is 12.5 Å². The molecule has 1 heterocycles. The van der Waals surface area contributed by atoms with Crippen LogP contribution in [0, 0.1) is 11.3 Å². The summed E-state index contributed by atoms with van der Waals surface area (Å²) in [5, 5.41) is 2.76. The normalized spacial score (nSPS) is 21.9. The molecule has 1 atom stereocenters. The monoisotopic (exact) mass is 199 g/mol. The van der Waals surface area contributed by atoms with Crippen LogP contribution in [0.25, 0.3) is 0 Å². The number of ether oxygens (including phenoxy) is 1. The van der Waals surface area contributed by atoms with Crippen molar-refractivity contribution in [1.82, 2.24) is 5.32 Å². The summed E-state index contributed by atoms with van der Waals surface area (Å²) in [6.45, 7) is 4.34. The molecule has 0 spiro atoms. The molecule has 0 aromatic rings. The predicted molar refractivity (Wildman–Crippen MR) is 51.5 cm³/mol. The summed E-state index contributed by atoms with van der Waals surface area (Å²) in [7, 11) is 1.37. The van der Waals surface area contributed by atoms with Crippen molar-refractivity contribution < 1.29 is 14.3 Å². The molecule has 0 aromatic heterocycles. The first-order chi connectivity index (χ1) is 6.47. The number of hydrogen-bond acceptors (Lipinski definition) is 3. The third kappa shape index (κ3) is 2.25. The average molecular weight is 199 g/mol. The van der Waals surface area contributed by atoms with Crippen molar-refractivity contribution in [1.29, 1.82) is 0 Å². The highest BCUT2D eigenvalue weighted by Crippen LogP contribution is 2.30. The summed E-state index contributed by atoms with van der Waals surface area (Å²) in [6.07, 6.45) is 1.38. The second-order valence-electron chi connectivity index (χ2n) is 4.36. The van der Waals surface area contributed by atoms with E-state index in [4.69, 9.17) is 0 Å². The van der Waals surface area contributed by atoms with Crippen LogP contribution in [-0.4, -0.2) is 25.5 Å². The lowest BCUT2D eigenvalue weighted by Crippen LogP contribution is -2.31. The first-order valence-electron chi connectivity index (χ1n) is 4.83. The maximum absolute atomic E-state index is 11.4. The summed E-state index contributed by atoms with van der Waals surface area (Å²) in [5.74, 6) is -0.233. The van der Waals surface area contributed by atoms with Gasteiger partial charge in [-0.3, -0.25) is 9.59 Å². The van der Waals surface area contributed by atoms with Crippen LogP contribution in [0.1, 0.15) is 26.7 Å². The van der Waals surface area contributed by atoms with Gasteiger partial charge in [-0.05, 0) is 26.7 Å². The van der Waals surface area contributed by atoms with Gasteiger partial charge < -0.3 is 10.1 Å². The number of carbonyl (C=O) groups excluding carboxylic acids is 2. The molecule has 14 heavy (non-hydrogen) atoms. The van der Waals surface area contributed by atoms with E-state index in [0.717, 1.165) is 13.0 Å². The zero-order valence-electron chi connectivity index (χ0n) is 8.92. The maximum atomic E-state index is 11.4. The molecule has 0 aliphatic carbocycles. The van der Waals surface area contributed by atoms with Crippen molar-refractivity contribution in [3.05, 3.63) is 0 Å². The van der Waals surface area contributed by atoms with Crippen molar-refractivity contribution in [2.45, 2.75) is 26.7 Å². The number of carbonyl (C=O) groups is 2. The van der Waals surface area contributed by atoms with Gasteiger partial charge in [0.1, 0.15) is 0 Å². The summed E-state index contributed by atoms with van der Waals surface area (Å²) in [4.78, 5) is 22.7. The topological polar surface area (TPSA) is 55.4 Å². The van der Waals surface area contributed by atoms with Gasteiger partial charge in [0.2, 0.25) is 5.91 Å². The molecule has 1 aliphatic rings. The van der Waals surface area contributed by atoms with Crippen LogP contribution in [-0.2, 0) is 14.3 Å². The van der Waals surface area contributed by atoms with Gasteiger partial charge in [-0.15, -0.1) is 0 Å². The Bertz CT molecular complexity index is 248. The third-order valence-corrected chi connectivity index (χ3v) is 2.66. The maximum Gasteiger partial charge on any atom is 0.311 e. The van der Waals surface area contributed by atoms with Gasteiger partial charge in [0.25, 0.3) is 0 Å². The average Bonchev–Trinajstić information content (AvgIpc) is 2.50. The Hall–Kier alpha value is -1.06. The van der Waals surface area contributed by atoms with Crippen LogP contribution in [0.4, 0.5) is 0 Å². The quantitative estimate of drug-likeness (QED) is 0.681. The van der Waals surface area contributed by atoms with E-state index in [0.29, 0.717) is 6.42 Å². The Labute approximate surface area is 84.0 Å². The summed E-state index contributed by atoms with van der Waals surface area (Å²) in [6, 6.07) is 0. The number of esters is 1. The van der Waals surface area contributed by atoms with Crippen LogP contribution in [0.3, 0.4) is 0 Å². The smallest absolute Gasteiger partial charge is 0.311 e. The van der Waals surface area contributed by atoms with Gasteiger partial charge in [-0.2, -0.15) is 0 Å². The van der Waals surface area contributed by atoms with E-state index in [1.165, 1.54) is 7.11 Å². The molecule has 4 heteroatoms. The van der Waals surface area contributed by atoms with Crippen LogP contribution < -0.4 is 5.32 Å². The Morgan fingerprint density at radius 1 is 1.64 bits per heavy atom. The number of amides is 1. The van der Waals surface area contributed by atoms with Crippen molar-refractivity contribution >= 4 is 11.9 Å². The molecular formula is C10H17NO3. The van der Waals surface area contributed by atoms with Gasteiger partial charge in [-0.1, -0.05) is 0 Å². The molecule has 0 radical (unpaired) electrons. The summed E-state index contributed by atoms with van der Waals surface area (Å²) < 4.78 is 4.69. The Morgan fingerprint density at radius 3 is 2.71 bits per heavy atom. The minimum absolute atomic E-state index is 0.0379. The second kappa shape index (κ2) is 3.98. The lowest BCUT2D eigenvalue weighted by atomic mass is 9.82. The molecule has 80 valence electrons. The fourth-order valence-corrected chi connectivity index (χ4v) is 1.82. The first kappa shape index (κ1) is 11.0. The minimum Gasteiger partial charge on any atom is -0.469 e. The first-order valence-corrected chi connectivity index (χ1v) is 4.83. The van der Waals surface area contributed by atoms with Crippen LogP contribution in [0.15, 0.2) is 0 Å². The van der Waals surface area contributed by atoms with Gasteiger partial charge >= 0.3 is 5.97 Å². The van der Waals surface area contributed by atoms with Gasteiger partial charge in [0, 0.05) is 12.5 Å². The molecule has 1 N–H and O–H groups in total.